The van der Waals surface area contributed by atoms with Gasteiger partial charge >= 0.3 is 0 Å². The number of benzene rings is 2. The monoisotopic (exact) mass is 313 g/mol. The Balaban J connectivity index is 2.37. The minimum atomic E-state index is -0.266. The zero-order valence-corrected chi connectivity index (χ0v) is 13.3. The summed E-state index contributed by atoms with van der Waals surface area (Å²) in [4.78, 5) is 0. The first kappa shape index (κ1) is 14.1. The highest BCUT2D eigenvalue weighted by Gasteiger charge is 2.12. The van der Waals surface area contributed by atoms with Crippen LogP contribution in [0.4, 0.5) is 4.39 Å². The lowest BCUT2D eigenvalue weighted by atomic mass is 10.0. The number of halogens is 1. The zero-order valence-electron chi connectivity index (χ0n) is 11.6. The van der Waals surface area contributed by atoms with Crippen LogP contribution in [0.3, 0.4) is 0 Å². The van der Waals surface area contributed by atoms with Gasteiger partial charge in [0.05, 0.1) is 5.71 Å². The van der Waals surface area contributed by atoms with Gasteiger partial charge < -0.3 is 0 Å². The molecular formula is C17H12FNS2. The van der Waals surface area contributed by atoms with Gasteiger partial charge in [0.2, 0.25) is 0 Å². The molecule has 0 N–H and O–H groups in total. The number of fused-ring (bicyclic) bond motifs is 3. The third-order valence-corrected chi connectivity index (χ3v) is 4.80. The van der Waals surface area contributed by atoms with Crippen molar-refractivity contribution in [1.82, 2.24) is 0 Å². The molecule has 0 saturated carbocycles. The summed E-state index contributed by atoms with van der Waals surface area (Å²) in [6.45, 7) is 3.57. The lowest BCUT2D eigenvalue weighted by molar-refractivity contribution is 0.627. The van der Waals surface area contributed by atoms with Crippen molar-refractivity contribution in [3.63, 3.8) is 0 Å². The van der Waals surface area contributed by atoms with Crippen LogP contribution in [-0.4, -0.2) is 5.71 Å². The minimum absolute atomic E-state index is 0.266. The molecule has 0 saturated heterocycles. The van der Waals surface area contributed by atoms with Gasteiger partial charge in [0.1, 0.15) is 5.82 Å². The number of nitrogens with zero attached hydrogens (tertiary/aromatic N) is 1. The highest BCUT2D eigenvalue weighted by atomic mass is 32.1. The molecule has 0 fully saturated rings. The van der Waals surface area contributed by atoms with E-state index in [1.54, 1.807) is 24.3 Å². The van der Waals surface area contributed by atoms with Gasteiger partial charge in [-0.3, -0.25) is 0 Å². The van der Waals surface area contributed by atoms with E-state index in [4.69, 9.17) is 0 Å². The Morgan fingerprint density at radius 3 is 2.67 bits per heavy atom. The second-order valence-corrected chi connectivity index (χ2v) is 5.99. The molecular weight excluding hydrogens is 301 g/mol. The molecule has 1 aromatic heterocycles. The maximum Gasteiger partial charge on any atom is 0.133 e. The molecule has 3 rings (SSSR count). The van der Waals surface area contributed by atoms with Gasteiger partial charge in [0.15, 0.2) is 0 Å². The first-order valence-electron chi connectivity index (χ1n) is 6.41. The minimum Gasteiger partial charge on any atom is -0.224 e. The summed E-state index contributed by atoms with van der Waals surface area (Å²) in [5, 5.41) is 2.13. The van der Waals surface area contributed by atoms with Crippen molar-refractivity contribution in [3.05, 3.63) is 47.3 Å². The van der Waals surface area contributed by atoms with Crippen LogP contribution in [0.25, 0.3) is 20.2 Å². The van der Waals surface area contributed by atoms with Crippen LogP contribution < -0.4 is 0 Å². The van der Waals surface area contributed by atoms with E-state index in [1.165, 1.54) is 0 Å². The Labute approximate surface area is 132 Å². The Kier molecular flexibility index (Phi) is 3.71. The molecule has 0 atom stereocenters. The van der Waals surface area contributed by atoms with Crippen molar-refractivity contribution in [2.75, 3.05) is 0 Å². The topological polar surface area (TPSA) is 12.4 Å². The molecule has 0 aliphatic carbocycles. The largest absolute Gasteiger partial charge is 0.224 e. The van der Waals surface area contributed by atoms with E-state index in [0.717, 1.165) is 25.7 Å². The van der Waals surface area contributed by atoms with Gasteiger partial charge in [0.25, 0.3) is 0 Å². The molecule has 21 heavy (non-hydrogen) atoms. The summed E-state index contributed by atoms with van der Waals surface area (Å²) >= 11 is 5.46. The van der Waals surface area contributed by atoms with Crippen molar-refractivity contribution < 1.29 is 4.39 Å². The second-order valence-electron chi connectivity index (χ2n) is 4.70. The zero-order chi connectivity index (χ0) is 15.0. The fraction of sp³-hybridized carbons (Fsp3) is 0.118. The van der Waals surface area contributed by atoms with Gasteiger partial charge in [-0.15, -0.1) is 17.3 Å². The number of hydrogen-bond acceptors (Lipinski definition) is 3. The number of rotatable bonds is 1. The van der Waals surface area contributed by atoms with E-state index >= 15 is 0 Å². The first-order chi connectivity index (χ1) is 10.1. The summed E-state index contributed by atoms with van der Waals surface area (Å²) < 4.78 is 20.0. The van der Waals surface area contributed by atoms with Gasteiger partial charge in [0, 0.05) is 31.3 Å². The van der Waals surface area contributed by atoms with Gasteiger partial charge in [-0.05, 0) is 57.0 Å². The molecule has 1 nitrogen and oxygen atoms in total. The molecule has 1 heterocycles. The quantitative estimate of drug-likeness (QED) is 0.359. The first-order valence-corrected chi connectivity index (χ1v) is 7.63. The van der Waals surface area contributed by atoms with Crippen molar-refractivity contribution in [1.29, 1.82) is 0 Å². The molecule has 0 bridgehead atoms. The molecule has 4 heteroatoms. The van der Waals surface area contributed by atoms with Crippen LogP contribution >= 0.6 is 24.2 Å². The molecule has 3 aromatic rings. The van der Waals surface area contributed by atoms with E-state index in [-0.39, 0.29) is 5.82 Å². The lowest BCUT2D eigenvalue weighted by Gasteiger charge is -2.02. The molecule has 104 valence electrons. The van der Waals surface area contributed by atoms with Crippen molar-refractivity contribution in [2.24, 2.45) is 4.40 Å². The molecule has 0 spiro atoms. The summed E-state index contributed by atoms with van der Waals surface area (Å²) in [6, 6.07) is 9.51. The number of thiol groups is 1. The van der Waals surface area contributed by atoms with Crippen LogP contribution in [0.5, 0.6) is 0 Å². The fourth-order valence-electron chi connectivity index (χ4n) is 2.35. The fourth-order valence-corrected chi connectivity index (χ4v) is 3.55. The molecule has 0 aliphatic heterocycles. The molecule has 0 amide bonds. The van der Waals surface area contributed by atoms with E-state index in [9.17, 15) is 4.39 Å². The Morgan fingerprint density at radius 2 is 1.95 bits per heavy atom. The third kappa shape index (κ3) is 2.44. The van der Waals surface area contributed by atoms with E-state index in [1.807, 2.05) is 25.1 Å². The average molecular weight is 313 g/mol. The number of hydrogen-bond donors (Lipinski definition) is 1. The van der Waals surface area contributed by atoms with E-state index in [0.29, 0.717) is 11.3 Å². The smallest absolute Gasteiger partial charge is 0.133 e. The average Bonchev–Trinajstić information content (AvgIpc) is 2.82. The van der Waals surface area contributed by atoms with Gasteiger partial charge in [-0.25, -0.2) is 8.79 Å². The maximum absolute atomic E-state index is 14.2. The van der Waals surface area contributed by atoms with Crippen LogP contribution in [-0.2, 0) is 0 Å². The SMILES string of the molecule is CC#Cc1ccc2sc3cc(F)c(/C(C)=N/S)cc3c2c1. The number of thiophene rings is 1. The van der Waals surface area contributed by atoms with Crippen LogP contribution in [0.1, 0.15) is 25.0 Å². The summed E-state index contributed by atoms with van der Waals surface area (Å²) in [7, 11) is 0. The normalized spacial score (nSPS) is 11.7. The highest BCUT2D eigenvalue weighted by molar-refractivity contribution is 7.79. The van der Waals surface area contributed by atoms with Crippen molar-refractivity contribution in [3.8, 4) is 11.8 Å². The predicted octanol–water partition coefficient (Wildman–Crippen LogP) is 5.22. The predicted molar refractivity (Wildman–Crippen MR) is 93.0 cm³/mol. The van der Waals surface area contributed by atoms with Gasteiger partial charge in [-0.1, -0.05) is 5.92 Å². The second kappa shape index (κ2) is 5.51. The molecule has 0 radical (unpaired) electrons. The van der Waals surface area contributed by atoms with Crippen molar-refractivity contribution >= 4 is 50.0 Å². The Bertz CT molecular complexity index is 942. The van der Waals surface area contributed by atoms with Crippen LogP contribution in [0.15, 0.2) is 34.7 Å². The van der Waals surface area contributed by atoms with E-state index in [2.05, 4.69) is 35.1 Å². The Hall–Kier alpha value is -1.83. The van der Waals surface area contributed by atoms with Crippen LogP contribution in [0, 0.1) is 17.7 Å². The van der Waals surface area contributed by atoms with Crippen LogP contribution in [0.2, 0.25) is 0 Å². The molecule has 2 aromatic carbocycles. The van der Waals surface area contributed by atoms with Crippen molar-refractivity contribution in [2.45, 2.75) is 13.8 Å². The summed E-state index contributed by atoms with van der Waals surface area (Å²) in [6.07, 6.45) is 0. The molecule has 0 aliphatic rings. The third-order valence-electron chi connectivity index (χ3n) is 3.37. The van der Waals surface area contributed by atoms with E-state index < -0.39 is 0 Å². The summed E-state index contributed by atoms with van der Waals surface area (Å²) in [5.41, 5.74) is 2.03. The van der Waals surface area contributed by atoms with Gasteiger partial charge in [-0.2, -0.15) is 0 Å². The highest BCUT2D eigenvalue weighted by Crippen LogP contribution is 2.36. The maximum atomic E-state index is 14.2. The summed E-state index contributed by atoms with van der Waals surface area (Å²) in [5.74, 6) is 5.69. The lowest BCUT2D eigenvalue weighted by Crippen LogP contribution is -1.97. The molecule has 0 unspecified atom stereocenters. The Morgan fingerprint density at radius 1 is 1.19 bits per heavy atom. The standard InChI is InChI=1S/C17H12FNS2/c1-3-4-11-5-6-16-13(7-11)14-8-12(10(2)19-20)15(18)9-17(14)21-16/h5-9,20H,1-2H3/b19-10+.